The Balaban J connectivity index is -0.000000104. The van der Waals surface area contributed by atoms with Crippen LogP contribution in [-0.2, 0) is 37.8 Å². The van der Waals surface area contributed by atoms with Gasteiger partial charge in [0.15, 0.2) is 0 Å². The van der Waals surface area contributed by atoms with E-state index < -0.39 is 97.3 Å². The molecule has 0 spiro atoms. The number of hydrogen-bond donors (Lipinski definition) is 7. The van der Waals surface area contributed by atoms with Crippen LogP contribution in [0, 0.1) is 54.8 Å². The first kappa shape index (κ1) is 83.6. The van der Waals surface area contributed by atoms with Crippen LogP contribution >= 0.6 is 37.7 Å². The van der Waals surface area contributed by atoms with Crippen LogP contribution in [0.3, 0.4) is 0 Å². The summed E-state index contributed by atoms with van der Waals surface area (Å²) in [5.41, 5.74) is -0.0272. The van der Waals surface area contributed by atoms with Crippen LogP contribution < -0.4 is 16.0 Å². The first-order valence-corrected chi connectivity index (χ1v) is 29.5. The molecule has 68 heavy (non-hydrogen) atoms. The van der Waals surface area contributed by atoms with Gasteiger partial charge in [-0.15, -0.1) is 35.1 Å². The fraction of sp³-hybridized carbons (Fsp3) is 0.853. The van der Waals surface area contributed by atoms with E-state index in [0.717, 1.165) is 60.7 Å². The normalized spacial score (nSPS) is 25.0. The molecule has 14 nitrogen and oxygen atoms in total. The molecule has 8 aliphatic rings. The number of nitrogens with two attached hydrogens (primary N) is 3. The summed E-state index contributed by atoms with van der Waals surface area (Å²) in [5.74, 6) is 5.84. The molecule has 0 aromatic rings. The van der Waals surface area contributed by atoms with Gasteiger partial charge in [-0.25, -0.2) is 40.7 Å². The smallest absolute Gasteiger partial charge is 0.693 e. The molecule has 0 aromatic carbocycles. The number of amides is 3. The number of hydrogen-bond acceptors (Lipinski definition) is 4. The molecule has 0 heterocycles. The fourth-order valence-electron chi connectivity index (χ4n) is 9.37. The van der Waals surface area contributed by atoms with Gasteiger partial charge in [0.05, 0.1) is 0 Å². The van der Waals surface area contributed by atoms with Gasteiger partial charge in [-0.05, 0) is 118 Å². The van der Waals surface area contributed by atoms with E-state index in [0.29, 0.717) is 12.3 Å². The van der Waals surface area contributed by atoms with E-state index in [1.54, 1.807) is 0 Å². The maximum Gasteiger partial charge on any atom is -0.693 e. The number of halogens is 18. The van der Waals surface area contributed by atoms with E-state index in [4.69, 9.17) is 58.1 Å². The molecule has 8 saturated carbocycles. The Bertz CT molecular complexity index is 1140. The fourth-order valence-corrected chi connectivity index (χ4v) is 9.37. The Morgan fingerprint density at radius 1 is 0.515 bits per heavy atom. The largest absolute Gasteiger partial charge is 0.693 e. The number of carbonyl (C=O) groups is 4. The van der Waals surface area contributed by atoms with Crippen LogP contribution in [0.4, 0.5) is 75.8 Å². The molecule has 3 amide bonds. The zero-order chi connectivity index (χ0) is 50.7. The maximum absolute atomic E-state index is 11.0. The summed E-state index contributed by atoms with van der Waals surface area (Å²) < 4.78 is 138. The number of alkyl halides is 14. The topological polar surface area (TPSA) is 286 Å². The van der Waals surface area contributed by atoms with E-state index in [9.17, 15) is 80.6 Å². The summed E-state index contributed by atoms with van der Waals surface area (Å²) >= 11 is -0.944. The first-order chi connectivity index (χ1) is 29.6. The summed E-state index contributed by atoms with van der Waals surface area (Å²) in [6.45, 7) is -5.02. The monoisotopic (exact) mass is 1480 g/mol. The Morgan fingerprint density at radius 3 is 0.926 bits per heavy atom. The second kappa shape index (κ2) is 48.0. The van der Waals surface area contributed by atoms with Crippen molar-refractivity contribution in [2.24, 2.45) is 47.3 Å². The number of aliphatic carboxylic acids is 1. The predicted molar refractivity (Wildman–Crippen MR) is 223 cm³/mol. The van der Waals surface area contributed by atoms with E-state index >= 15 is 0 Å². The number of nitrogens with one attached hydrogen (secondary N) is 3. The van der Waals surface area contributed by atoms with Crippen molar-refractivity contribution in [2.75, 3.05) is 40.3 Å². The number of carboxylic acids is 1. The third kappa shape index (κ3) is 52.5. The minimum absolute atomic E-state index is 0. The summed E-state index contributed by atoms with van der Waals surface area (Å²) in [6.07, 6.45) is 0.443. The van der Waals surface area contributed by atoms with Gasteiger partial charge in [0.2, 0.25) is 13.9 Å². The van der Waals surface area contributed by atoms with Gasteiger partial charge < -0.3 is 62.3 Å². The average molecular weight is 1480 g/mol. The first-order valence-electron chi connectivity index (χ1n) is 18.3. The Morgan fingerprint density at radius 2 is 0.750 bits per heavy atom. The van der Waals surface area contributed by atoms with Crippen molar-refractivity contribution in [3.05, 3.63) is 25.9 Å². The predicted octanol–water partition coefficient (Wildman–Crippen LogP) is 15.3. The van der Waals surface area contributed by atoms with Crippen LogP contribution in [0.15, 0.2) is 0 Å². The van der Waals surface area contributed by atoms with Gasteiger partial charge in [0.25, 0.3) is 0 Å². The summed E-state index contributed by atoms with van der Waals surface area (Å²) in [4.78, 5) is 40.5. The van der Waals surface area contributed by atoms with E-state index in [1.807, 2.05) is 10.6 Å². The molecule has 8 bridgehead atoms. The van der Waals surface area contributed by atoms with Crippen molar-refractivity contribution < 1.29 is 134 Å². The third-order valence-corrected chi connectivity index (χ3v) is 9.98. The molecule has 0 saturated heterocycles. The molecular weight excluding hydrogens is 1420 g/mol. The minimum Gasteiger partial charge on any atom is -0.693 e. The summed E-state index contributed by atoms with van der Waals surface area (Å²) in [5, 5.41) is 39.8. The van der Waals surface area contributed by atoms with E-state index in [1.165, 1.54) is 51.4 Å². The molecule has 420 valence electrons. The van der Waals surface area contributed by atoms with Crippen LogP contribution in [-0.4, -0.2) is 103 Å². The minimum atomic E-state index is -5.50. The van der Waals surface area contributed by atoms with Crippen molar-refractivity contribution in [3.63, 3.8) is 0 Å². The second-order valence-corrected chi connectivity index (χ2v) is 20.9. The molecule has 0 aliphatic heterocycles. The van der Waals surface area contributed by atoms with Crippen molar-refractivity contribution in [2.45, 2.75) is 95.4 Å². The quantitative estimate of drug-likeness (QED) is 0.0948. The SMILES string of the molecule is FC(F)(F)F.FC(F)(F)F.FCF.FCF.O=C(O)CC1C2CC3CC(C2)CC1C3.O=C(O)NC12CC3CC(CC(C3)C1)C2.O=C(O)NCCF.O=C(O)NCCF.[CH3-].[Cl][Pt+2][Cl].[Cl][Pt+2][Cl].[NH2-].[NH2-].[NH2-]. The molecule has 0 atom stereocenters. The number of carboxylic acid groups (broad SMARTS) is 4. The standard InChI is InChI=1S/C12H18O2.C11H17NO2.2C3H6FNO2.2CF4.2CH2F2.CH3.4ClH.3H2N.2Pt/c13-12(14)6-11-9-2-7-1-8(4-9)5-10(11)3-7;13-10(14)12-11-4-7-1-8(5-11)3-9(2-7)6-11;2*4-1-2-5-3(6)7;2*2-1(3,4)5;2*2-1-3;;;;;;;;;;/h7-11H,1-6H2,(H,13,14);7-9,12H,1-6H2,(H,13,14);2*5H,1-2H2,(H,6,7);;;2*1H2;1H3;4*1H;3*1H2;;/q;;;;;;;;-1;;;;;3*-1;2*+4/p-4. The Kier molecular flexibility index (Phi) is 59.0. The average Bonchev–Trinajstić information content (AvgIpc) is 3.11. The zero-order valence-corrected chi connectivity index (χ0v) is 43.5. The van der Waals surface area contributed by atoms with E-state index in [-0.39, 0.29) is 44.5 Å². The van der Waals surface area contributed by atoms with E-state index in [2.05, 4.69) is 5.32 Å². The van der Waals surface area contributed by atoms with Gasteiger partial charge in [-0.2, -0.15) is 0 Å². The molecular formula is C34H60Cl4F14N6O8Pt2. The molecule has 0 unspecified atom stereocenters. The molecule has 8 aliphatic carbocycles. The van der Waals surface area contributed by atoms with Crippen LogP contribution in [0.1, 0.15) is 77.0 Å². The zero-order valence-electron chi connectivity index (χ0n) is 35.9. The molecule has 34 heteroatoms. The Labute approximate surface area is 418 Å². The maximum atomic E-state index is 11.0. The summed E-state index contributed by atoms with van der Waals surface area (Å²) in [7, 11) is 19.5. The van der Waals surface area contributed by atoms with Crippen molar-refractivity contribution in [3.8, 4) is 0 Å². The van der Waals surface area contributed by atoms with Crippen molar-refractivity contribution in [1.82, 2.24) is 16.0 Å². The van der Waals surface area contributed by atoms with Crippen LogP contribution in [0.5, 0.6) is 0 Å². The van der Waals surface area contributed by atoms with Crippen molar-refractivity contribution >= 4 is 61.9 Å². The Hall–Kier alpha value is -1.28. The van der Waals surface area contributed by atoms with Crippen LogP contribution in [0.2, 0.25) is 0 Å². The summed E-state index contributed by atoms with van der Waals surface area (Å²) in [6, 6.07) is 0. The molecule has 0 aromatic heterocycles. The van der Waals surface area contributed by atoms with Crippen molar-refractivity contribution in [1.29, 1.82) is 0 Å². The van der Waals surface area contributed by atoms with Gasteiger partial charge in [0.1, 0.15) is 13.3 Å². The van der Waals surface area contributed by atoms with Gasteiger partial charge in [0, 0.05) is 25.0 Å². The molecule has 8 rings (SSSR count). The van der Waals surface area contributed by atoms with Gasteiger partial charge in [-0.1, -0.05) is 0 Å². The van der Waals surface area contributed by atoms with Gasteiger partial charge in [-0.3, -0.25) is 4.79 Å². The second-order valence-electron chi connectivity index (χ2n) is 14.3. The third-order valence-electron chi connectivity index (χ3n) is 9.98. The van der Waals surface area contributed by atoms with Gasteiger partial charge >= 0.3 is 108 Å². The molecule has 13 N–H and O–H groups in total. The number of rotatable bonds is 7. The molecule has 0 radical (unpaired) electrons. The van der Waals surface area contributed by atoms with Crippen LogP contribution in [0.25, 0.3) is 18.5 Å². The molecule has 8 fully saturated rings.